The number of anilines is 1. The molecule has 6 nitrogen and oxygen atoms in total. The van der Waals surface area contributed by atoms with Crippen LogP contribution in [0.3, 0.4) is 0 Å². The maximum atomic E-state index is 6.42. The van der Waals surface area contributed by atoms with Crippen LogP contribution >= 0.6 is 0 Å². The van der Waals surface area contributed by atoms with E-state index in [1.807, 2.05) is 43.5 Å². The van der Waals surface area contributed by atoms with Crippen LogP contribution in [0.2, 0.25) is 0 Å². The Labute approximate surface area is 143 Å². The highest BCUT2D eigenvalue weighted by atomic mass is 15.3. The maximum absolute atomic E-state index is 6.42. The third-order valence-corrected chi connectivity index (χ3v) is 4.47. The maximum Gasteiger partial charge on any atom is 0.151 e. The molecule has 0 radical (unpaired) electrons. The van der Waals surface area contributed by atoms with Gasteiger partial charge in [0.05, 0.1) is 28.4 Å². The number of nitrogens with one attached hydrogen (secondary N) is 1. The molecule has 3 N–H and O–H groups in total. The monoisotopic (exact) mass is 328 g/mol. The van der Waals surface area contributed by atoms with Crippen LogP contribution in [0, 0.1) is 6.92 Å². The number of aromatic amines is 1. The van der Waals surface area contributed by atoms with E-state index in [2.05, 4.69) is 37.8 Å². The van der Waals surface area contributed by atoms with E-state index in [1.54, 1.807) is 10.9 Å². The lowest BCUT2D eigenvalue weighted by Gasteiger charge is -2.07. The summed E-state index contributed by atoms with van der Waals surface area (Å²) in [4.78, 5) is 7.68. The fourth-order valence-corrected chi connectivity index (χ4v) is 3.29. The second kappa shape index (κ2) is 4.98. The Balaban J connectivity index is 1.66. The zero-order valence-corrected chi connectivity index (χ0v) is 13.6. The Kier molecular flexibility index (Phi) is 2.76. The number of hydrogen-bond acceptors (Lipinski definition) is 3. The average Bonchev–Trinajstić information content (AvgIpc) is 3.29. The first kappa shape index (κ1) is 13.9. The third kappa shape index (κ3) is 2.04. The molecule has 0 fully saturated rings. The molecule has 0 aliphatic heterocycles. The Morgan fingerprint density at radius 1 is 1.08 bits per heavy atom. The van der Waals surface area contributed by atoms with Gasteiger partial charge in [0.1, 0.15) is 11.5 Å². The van der Waals surface area contributed by atoms with E-state index in [4.69, 9.17) is 5.73 Å². The van der Waals surface area contributed by atoms with E-state index >= 15 is 0 Å². The van der Waals surface area contributed by atoms with Gasteiger partial charge < -0.3 is 15.3 Å². The van der Waals surface area contributed by atoms with E-state index in [0.717, 1.165) is 33.7 Å². The molecule has 25 heavy (non-hydrogen) atoms. The summed E-state index contributed by atoms with van der Waals surface area (Å²) >= 11 is 0. The van der Waals surface area contributed by atoms with Gasteiger partial charge in [0.15, 0.2) is 5.82 Å². The van der Waals surface area contributed by atoms with Crippen molar-refractivity contribution in [2.24, 2.45) is 0 Å². The molecule has 0 saturated heterocycles. The average molecular weight is 328 g/mol. The lowest BCUT2D eigenvalue weighted by Crippen LogP contribution is -2.04. The molecule has 0 spiro atoms. The van der Waals surface area contributed by atoms with Gasteiger partial charge in [0, 0.05) is 6.20 Å². The fourth-order valence-electron chi connectivity index (χ4n) is 3.29. The van der Waals surface area contributed by atoms with Crippen LogP contribution in [0.5, 0.6) is 0 Å². The number of nitrogens with two attached hydrogens (primary N) is 1. The number of aryl methyl sites for hydroxylation is 1. The molecule has 0 aliphatic rings. The van der Waals surface area contributed by atoms with Gasteiger partial charge in [0.2, 0.25) is 0 Å². The van der Waals surface area contributed by atoms with Gasteiger partial charge in [-0.1, -0.05) is 18.2 Å². The molecule has 6 heteroatoms. The summed E-state index contributed by atoms with van der Waals surface area (Å²) in [5.74, 6) is 1.48. The molecule has 0 unspecified atom stereocenters. The number of rotatable bonds is 2. The van der Waals surface area contributed by atoms with Crippen molar-refractivity contribution in [3.8, 4) is 11.4 Å². The van der Waals surface area contributed by atoms with Crippen LogP contribution in [0.4, 0.5) is 5.82 Å². The van der Waals surface area contributed by atoms with E-state index in [1.165, 1.54) is 5.39 Å². The van der Waals surface area contributed by atoms with Gasteiger partial charge in [-0.05, 0) is 42.6 Å². The summed E-state index contributed by atoms with van der Waals surface area (Å²) in [6, 6.07) is 16.2. The van der Waals surface area contributed by atoms with Crippen molar-refractivity contribution in [2.45, 2.75) is 6.92 Å². The van der Waals surface area contributed by atoms with E-state index < -0.39 is 0 Å². The number of para-hydroxylation sites is 1. The fraction of sp³-hybridized carbons (Fsp3) is 0.0526. The number of aromatic nitrogens is 5. The first-order valence-corrected chi connectivity index (χ1v) is 8.07. The van der Waals surface area contributed by atoms with Gasteiger partial charge in [-0.25, -0.2) is 9.67 Å². The van der Waals surface area contributed by atoms with Crippen LogP contribution < -0.4 is 5.73 Å². The van der Waals surface area contributed by atoms with Crippen molar-refractivity contribution >= 4 is 27.8 Å². The Morgan fingerprint density at radius 3 is 2.88 bits per heavy atom. The van der Waals surface area contributed by atoms with Crippen LogP contribution in [-0.4, -0.2) is 24.3 Å². The van der Waals surface area contributed by atoms with Crippen molar-refractivity contribution in [1.82, 2.24) is 24.3 Å². The Bertz CT molecular complexity index is 1220. The largest absolute Gasteiger partial charge is 0.382 e. The van der Waals surface area contributed by atoms with Crippen LogP contribution in [0.1, 0.15) is 5.82 Å². The number of nitrogens with zero attached hydrogens (tertiary/aromatic N) is 4. The summed E-state index contributed by atoms with van der Waals surface area (Å²) in [5.41, 5.74) is 11.2. The predicted molar refractivity (Wildman–Crippen MR) is 99.2 cm³/mol. The molecule has 3 aromatic heterocycles. The zero-order valence-electron chi connectivity index (χ0n) is 13.6. The SMILES string of the molecule is Cc1nc2ccc(-n3ncc(-n4ccc5ccccc54)c3N)cc2[nH]1. The molecule has 5 rings (SSSR count). The molecular formula is C19H16N6. The molecule has 2 aromatic carbocycles. The minimum absolute atomic E-state index is 0.594. The molecular weight excluding hydrogens is 312 g/mol. The summed E-state index contributed by atoms with van der Waals surface area (Å²) in [7, 11) is 0. The quantitative estimate of drug-likeness (QED) is 0.520. The minimum atomic E-state index is 0.594. The first-order valence-electron chi connectivity index (χ1n) is 8.07. The Morgan fingerprint density at radius 2 is 1.96 bits per heavy atom. The molecule has 122 valence electrons. The topological polar surface area (TPSA) is 77.4 Å². The lowest BCUT2D eigenvalue weighted by molar-refractivity contribution is 0.892. The zero-order chi connectivity index (χ0) is 17.0. The van der Waals surface area contributed by atoms with Crippen molar-refractivity contribution in [2.75, 3.05) is 5.73 Å². The van der Waals surface area contributed by atoms with Gasteiger partial charge in [-0.3, -0.25) is 0 Å². The molecule has 3 heterocycles. The summed E-state index contributed by atoms with van der Waals surface area (Å²) in [5, 5.41) is 5.67. The second-order valence-corrected chi connectivity index (χ2v) is 6.10. The smallest absolute Gasteiger partial charge is 0.151 e. The standard InChI is InChI=1S/C19H16N6/c1-12-22-15-7-6-14(10-16(15)23-12)25-19(20)18(11-21-25)24-9-8-13-4-2-3-5-17(13)24/h2-11H,20H2,1H3,(H,22,23). The highest BCUT2D eigenvalue weighted by Crippen LogP contribution is 2.26. The summed E-state index contributed by atoms with van der Waals surface area (Å²) < 4.78 is 3.81. The Hall–Kier alpha value is -3.54. The van der Waals surface area contributed by atoms with Gasteiger partial charge in [-0.15, -0.1) is 0 Å². The number of fused-ring (bicyclic) bond motifs is 2. The van der Waals surface area contributed by atoms with Crippen molar-refractivity contribution < 1.29 is 0 Å². The molecule has 0 amide bonds. The summed E-state index contributed by atoms with van der Waals surface area (Å²) in [6.45, 7) is 1.94. The lowest BCUT2D eigenvalue weighted by atomic mass is 10.2. The highest BCUT2D eigenvalue weighted by molar-refractivity contribution is 5.83. The van der Waals surface area contributed by atoms with Crippen LogP contribution in [0.25, 0.3) is 33.3 Å². The van der Waals surface area contributed by atoms with Crippen molar-refractivity contribution in [3.05, 3.63) is 66.7 Å². The van der Waals surface area contributed by atoms with E-state index in [9.17, 15) is 0 Å². The predicted octanol–water partition coefficient (Wildman–Crippen LogP) is 3.58. The van der Waals surface area contributed by atoms with Crippen LogP contribution in [0.15, 0.2) is 60.9 Å². The number of hydrogen-bond donors (Lipinski definition) is 2. The van der Waals surface area contributed by atoms with Crippen molar-refractivity contribution in [3.63, 3.8) is 0 Å². The third-order valence-electron chi connectivity index (χ3n) is 4.47. The van der Waals surface area contributed by atoms with E-state index in [0.29, 0.717) is 5.82 Å². The van der Waals surface area contributed by atoms with Crippen LogP contribution in [-0.2, 0) is 0 Å². The minimum Gasteiger partial charge on any atom is -0.382 e. The second-order valence-electron chi connectivity index (χ2n) is 6.10. The molecule has 5 aromatic rings. The molecule has 0 aliphatic carbocycles. The van der Waals surface area contributed by atoms with Crippen molar-refractivity contribution in [1.29, 1.82) is 0 Å². The van der Waals surface area contributed by atoms with Gasteiger partial charge in [-0.2, -0.15) is 5.10 Å². The molecule has 0 saturated carbocycles. The highest BCUT2D eigenvalue weighted by Gasteiger charge is 2.13. The van der Waals surface area contributed by atoms with Gasteiger partial charge in [0.25, 0.3) is 0 Å². The first-order chi connectivity index (χ1) is 12.2. The molecule has 0 atom stereocenters. The van der Waals surface area contributed by atoms with Gasteiger partial charge >= 0.3 is 0 Å². The summed E-state index contributed by atoms with van der Waals surface area (Å²) in [6.07, 6.45) is 3.81. The molecule has 0 bridgehead atoms. The normalized spacial score (nSPS) is 11.6. The number of benzene rings is 2. The number of nitrogen functional groups attached to an aromatic ring is 1. The van der Waals surface area contributed by atoms with E-state index in [-0.39, 0.29) is 0 Å². The number of H-pyrrole nitrogens is 1. The number of imidazole rings is 1.